The fraction of sp³-hybridized carbons (Fsp3) is 0.619. The van der Waals surface area contributed by atoms with Crippen molar-refractivity contribution >= 4 is 23.2 Å². The molecule has 0 saturated carbocycles. The van der Waals surface area contributed by atoms with E-state index in [0.717, 1.165) is 16.9 Å². The molecule has 0 aliphatic carbocycles. The largest absolute Gasteiger partial charge is 0.377 e. The molecule has 0 radical (unpaired) electrons. The van der Waals surface area contributed by atoms with E-state index in [1.807, 2.05) is 83.6 Å². The second-order valence-corrected chi connectivity index (χ2v) is 8.49. The summed E-state index contributed by atoms with van der Waals surface area (Å²) < 4.78 is 0. The van der Waals surface area contributed by atoms with E-state index in [4.69, 9.17) is 0 Å². The minimum Gasteiger partial charge on any atom is -0.377 e. The molecule has 0 spiro atoms. The molecular formula is C21H35N3O2. The predicted molar refractivity (Wildman–Crippen MR) is 109 cm³/mol. The number of hydrogen-bond acceptors (Lipinski definition) is 3. The lowest BCUT2D eigenvalue weighted by Crippen LogP contribution is -2.36. The quantitative estimate of drug-likeness (QED) is 0.789. The fourth-order valence-corrected chi connectivity index (χ4v) is 2.86. The molecule has 0 heterocycles. The fourth-order valence-electron chi connectivity index (χ4n) is 2.86. The summed E-state index contributed by atoms with van der Waals surface area (Å²) in [5.41, 5.74) is 2.79. The number of rotatable bonds is 7. The molecule has 2 amide bonds. The third kappa shape index (κ3) is 6.70. The molecule has 5 heteroatoms. The Morgan fingerprint density at radius 2 is 1.77 bits per heavy atom. The number of benzene rings is 1. The predicted octanol–water partition coefficient (Wildman–Crippen LogP) is 4.27. The van der Waals surface area contributed by atoms with E-state index in [1.165, 1.54) is 0 Å². The van der Waals surface area contributed by atoms with Crippen molar-refractivity contribution in [3.05, 3.63) is 23.8 Å². The molecule has 146 valence electrons. The lowest BCUT2D eigenvalue weighted by atomic mass is 9.92. The highest BCUT2D eigenvalue weighted by atomic mass is 16.2. The summed E-state index contributed by atoms with van der Waals surface area (Å²) in [6.45, 7) is 12.6. The van der Waals surface area contributed by atoms with E-state index in [0.29, 0.717) is 19.4 Å². The van der Waals surface area contributed by atoms with Gasteiger partial charge in [-0.05, 0) is 43.0 Å². The third-order valence-electron chi connectivity index (χ3n) is 4.12. The Morgan fingerprint density at radius 3 is 2.23 bits per heavy atom. The molecular weight excluding hydrogens is 326 g/mol. The number of anilines is 2. The molecule has 1 N–H and O–H groups in total. The van der Waals surface area contributed by atoms with Crippen molar-refractivity contribution in [3.63, 3.8) is 0 Å². The Bertz CT molecular complexity index is 631. The molecule has 0 atom stereocenters. The number of carbonyl (C=O) groups excluding carboxylic acids is 2. The monoisotopic (exact) mass is 361 g/mol. The number of nitrogens with one attached hydrogen (secondary N) is 1. The van der Waals surface area contributed by atoms with Gasteiger partial charge in [0.15, 0.2) is 0 Å². The van der Waals surface area contributed by atoms with Crippen molar-refractivity contribution in [2.24, 2.45) is 5.41 Å². The maximum atomic E-state index is 12.3. The molecule has 0 fully saturated rings. The van der Waals surface area contributed by atoms with Gasteiger partial charge in [0, 0.05) is 50.9 Å². The maximum Gasteiger partial charge on any atom is 0.224 e. The first-order chi connectivity index (χ1) is 11.9. The van der Waals surface area contributed by atoms with Crippen LogP contribution in [0, 0.1) is 5.41 Å². The summed E-state index contributed by atoms with van der Waals surface area (Å²) in [6, 6.07) is 6.02. The van der Waals surface area contributed by atoms with Gasteiger partial charge in [-0.15, -0.1) is 0 Å². The van der Waals surface area contributed by atoms with Crippen molar-refractivity contribution in [2.75, 3.05) is 24.3 Å². The van der Waals surface area contributed by atoms with Crippen molar-refractivity contribution in [1.29, 1.82) is 0 Å². The number of hydrogen-bond donors (Lipinski definition) is 1. The summed E-state index contributed by atoms with van der Waals surface area (Å²) in [6.07, 6.45) is 0.946. The van der Waals surface area contributed by atoms with Crippen LogP contribution in [0.1, 0.15) is 59.9 Å². The average molecular weight is 362 g/mol. The Hall–Kier alpha value is -2.04. The number of nitrogens with zero attached hydrogens (tertiary/aromatic N) is 2. The van der Waals surface area contributed by atoms with Gasteiger partial charge in [-0.1, -0.05) is 27.7 Å². The average Bonchev–Trinajstić information content (AvgIpc) is 2.49. The highest BCUT2D eigenvalue weighted by Gasteiger charge is 2.19. The van der Waals surface area contributed by atoms with E-state index < -0.39 is 0 Å². The molecule has 0 aromatic heterocycles. The molecule has 0 aliphatic heterocycles. The first kappa shape index (κ1) is 22.0. The van der Waals surface area contributed by atoms with Crippen LogP contribution in [-0.2, 0) is 16.1 Å². The summed E-state index contributed by atoms with van der Waals surface area (Å²) >= 11 is 0. The highest BCUT2D eigenvalue weighted by molar-refractivity contribution is 5.91. The minimum atomic E-state index is -0.0571. The van der Waals surface area contributed by atoms with Crippen LogP contribution >= 0.6 is 0 Å². The topological polar surface area (TPSA) is 52.7 Å². The van der Waals surface area contributed by atoms with Gasteiger partial charge in [0.25, 0.3) is 0 Å². The van der Waals surface area contributed by atoms with Crippen LogP contribution in [0.3, 0.4) is 0 Å². The molecule has 0 unspecified atom stereocenters. The van der Waals surface area contributed by atoms with Gasteiger partial charge in [0.05, 0.1) is 0 Å². The SMILES string of the molecule is CCC(=O)N(Cc1cc(NC(=O)CC(C)(C)C)ccc1N(C)C)C(C)C. The first-order valence-corrected chi connectivity index (χ1v) is 9.34. The smallest absolute Gasteiger partial charge is 0.224 e. The molecule has 5 nitrogen and oxygen atoms in total. The summed E-state index contributed by atoms with van der Waals surface area (Å²) in [4.78, 5) is 28.5. The Morgan fingerprint density at radius 1 is 1.15 bits per heavy atom. The van der Waals surface area contributed by atoms with E-state index in [9.17, 15) is 9.59 Å². The zero-order valence-electron chi connectivity index (χ0n) is 17.6. The van der Waals surface area contributed by atoms with Gasteiger partial charge in [0.2, 0.25) is 11.8 Å². The van der Waals surface area contributed by atoms with Crippen molar-refractivity contribution in [1.82, 2.24) is 4.90 Å². The van der Waals surface area contributed by atoms with E-state index in [2.05, 4.69) is 5.32 Å². The highest BCUT2D eigenvalue weighted by Crippen LogP contribution is 2.26. The normalized spacial score (nSPS) is 11.4. The zero-order valence-corrected chi connectivity index (χ0v) is 17.6. The van der Waals surface area contributed by atoms with Crippen molar-refractivity contribution < 1.29 is 9.59 Å². The molecule has 0 bridgehead atoms. The summed E-state index contributed by atoms with van der Waals surface area (Å²) in [7, 11) is 3.97. The van der Waals surface area contributed by atoms with Crippen LogP contribution in [0.4, 0.5) is 11.4 Å². The molecule has 0 saturated heterocycles. The molecule has 1 aromatic rings. The van der Waals surface area contributed by atoms with E-state index >= 15 is 0 Å². The minimum absolute atomic E-state index is 0.00593. The summed E-state index contributed by atoms with van der Waals surface area (Å²) in [5, 5.41) is 2.99. The Balaban J connectivity index is 3.11. The molecule has 1 rings (SSSR count). The maximum absolute atomic E-state index is 12.3. The summed E-state index contributed by atoms with van der Waals surface area (Å²) in [5.74, 6) is 0.137. The molecule has 26 heavy (non-hydrogen) atoms. The third-order valence-corrected chi connectivity index (χ3v) is 4.12. The van der Waals surface area contributed by atoms with Crippen molar-refractivity contribution in [2.45, 2.75) is 67.0 Å². The standard InChI is InChI=1S/C21H35N3O2/c1-9-20(26)24(15(2)3)14-16-12-17(10-11-18(16)23(7)8)22-19(25)13-21(4,5)6/h10-12,15H,9,13-14H2,1-8H3,(H,22,25). The Labute approximate surface area is 158 Å². The van der Waals surface area contributed by atoms with Gasteiger partial charge >= 0.3 is 0 Å². The van der Waals surface area contributed by atoms with Crippen LogP contribution in [0.25, 0.3) is 0 Å². The van der Waals surface area contributed by atoms with Gasteiger partial charge in [0.1, 0.15) is 0 Å². The lowest BCUT2D eigenvalue weighted by Gasteiger charge is -2.29. The lowest BCUT2D eigenvalue weighted by molar-refractivity contribution is -0.133. The van der Waals surface area contributed by atoms with E-state index in [1.54, 1.807) is 0 Å². The zero-order chi connectivity index (χ0) is 20.1. The van der Waals surface area contributed by atoms with E-state index in [-0.39, 0.29) is 23.3 Å². The second kappa shape index (κ2) is 9.06. The van der Waals surface area contributed by atoms with Crippen LogP contribution in [0.15, 0.2) is 18.2 Å². The van der Waals surface area contributed by atoms with Crippen LogP contribution in [0.2, 0.25) is 0 Å². The van der Waals surface area contributed by atoms with Gasteiger partial charge in [-0.2, -0.15) is 0 Å². The van der Waals surface area contributed by atoms with Gasteiger partial charge in [-0.3, -0.25) is 9.59 Å². The second-order valence-electron chi connectivity index (χ2n) is 8.49. The van der Waals surface area contributed by atoms with Crippen molar-refractivity contribution in [3.8, 4) is 0 Å². The number of carbonyl (C=O) groups is 2. The first-order valence-electron chi connectivity index (χ1n) is 9.34. The molecule has 0 aliphatic rings. The van der Waals surface area contributed by atoms with Crippen LogP contribution in [-0.4, -0.2) is 36.9 Å². The van der Waals surface area contributed by atoms with Crippen LogP contribution < -0.4 is 10.2 Å². The van der Waals surface area contributed by atoms with Crippen LogP contribution in [0.5, 0.6) is 0 Å². The van der Waals surface area contributed by atoms with Gasteiger partial charge in [-0.25, -0.2) is 0 Å². The number of amides is 2. The van der Waals surface area contributed by atoms with Gasteiger partial charge < -0.3 is 15.1 Å². The molecule has 1 aromatic carbocycles. The Kier molecular flexibility index (Phi) is 7.67.